The van der Waals surface area contributed by atoms with Crippen LogP contribution in [0.2, 0.25) is 0 Å². The molecule has 0 spiro atoms. The lowest BCUT2D eigenvalue weighted by Gasteiger charge is -2.22. The van der Waals surface area contributed by atoms with Gasteiger partial charge in [0.05, 0.1) is 0 Å². The van der Waals surface area contributed by atoms with Crippen LogP contribution in [0, 0.1) is 0 Å². The molecule has 1 aromatic carbocycles. The first-order valence-corrected chi connectivity index (χ1v) is 6.21. The van der Waals surface area contributed by atoms with Gasteiger partial charge in [0.15, 0.2) is 5.78 Å². The highest BCUT2D eigenvalue weighted by Crippen LogP contribution is 2.34. The summed E-state index contributed by atoms with van der Waals surface area (Å²) >= 11 is 0. The van der Waals surface area contributed by atoms with E-state index in [1.807, 2.05) is 12.1 Å². The fourth-order valence-corrected chi connectivity index (χ4v) is 2.34. The number of allylic oxidation sites excluding steroid dienone is 4. The lowest BCUT2D eigenvalue weighted by Crippen LogP contribution is -2.05. The Morgan fingerprint density at radius 2 is 2.06 bits per heavy atom. The molecule has 0 N–H and O–H groups in total. The van der Waals surface area contributed by atoms with Crippen LogP contribution in [0.1, 0.15) is 37.7 Å². The molecule has 0 bridgehead atoms. The molecule has 0 saturated carbocycles. The normalized spacial score (nSPS) is 20.3. The number of benzene rings is 1. The zero-order valence-electron chi connectivity index (χ0n) is 10.2. The fourth-order valence-electron chi connectivity index (χ4n) is 2.34. The van der Waals surface area contributed by atoms with Gasteiger partial charge in [0.25, 0.3) is 0 Å². The molecule has 0 fully saturated rings. The molecule has 1 heteroatoms. The van der Waals surface area contributed by atoms with E-state index in [-0.39, 0.29) is 5.78 Å². The average Bonchev–Trinajstić information content (AvgIpc) is 2.38. The molecule has 1 unspecified atom stereocenters. The molecule has 0 saturated heterocycles. The summed E-state index contributed by atoms with van der Waals surface area (Å²) in [6, 6.07) is 10.5. The average molecular weight is 226 g/mol. The second-order valence-corrected chi connectivity index (χ2v) is 4.54. The van der Waals surface area contributed by atoms with Crippen LogP contribution in [-0.2, 0) is 4.79 Å². The quantitative estimate of drug-likeness (QED) is 0.711. The van der Waals surface area contributed by atoms with Gasteiger partial charge < -0.3 is 0 Å². The second-order valence-electron chi connectivity index (χ2n) is 4.54. The predicted octanol–water partition coefficient (Wildman–Crippen LogP) is 4.03. The van der Waals surface area contributed by atoms with Crippen molar-refractivity contribution < 1.29 is 4.79 Å². The van der Waals surface area contributed by atoms with Gasteiger partial charge in [-0.15, -0.1) is 0 Å². The minimum atomic E-state index is 0.114. The van der Waals surface area contributed by atoms with E-state index in [2.05, 4.69) is 30.3 Å². The first-order chi connectivity index (χ1) is 8.27. The zero-order chi connectivity index (χ0) is 12.1. The number of carbonyl (C=O) groups is 1. The molecule has 0 heterocycles. The topological polar surface area (TPSA) is 17.1 Å². The van der Waals surface area contributed by atoms with Crippen molar-refractivity contribution in [1.29, 1.82) is 0 Å². The second kappa shape index (κ2) is 5.62. The van der Waals surface area contributed by atoms with Crippen LogP contribution < -0.4 is 0 Å². The Kier molecular flexibility index (Phi) is 3.92. The standard InChI is InChI=1S/C16H18O/c1-13(17)11-12-15-9-5-6-10-16(15)14-7-3-2-4-8-14/h2-4,7-9,11-12,16H,5-6,10H2,1H3/b12-11+. The third-order valence-corrected chi connectivity index (χ3v) is 3.19. The van der Waals surface area contributed by atoms with Crippen LogP contribution >= 0.6 is 0 Å². The summed E-state index contributed by atoms with van der Waals surface area (Å²) in [6.45, 7) is 1.59. The maximum atomic E-state index is 11.0. The van der Waals surface area contributed by atoms with E-state index in [0.717, 1.165) is 6.42 Å². The fraction of sp³-hybridized carbons (Fsp3) is 0.312. The number of rotatable bonds is 3. The summed E-state index contributed by atoms with van der Waals surface area (Å²) in [6.07, 6.45) is 9.46. The third-order valence-electron chi connectivity index (χ3n) is 3.19. The molecule has 0 radical (unpaired) electrons. The molecule has 1 aliphatic rings. The molecular weight excluding hydrogens is 208 g/mol. The predicted molar refractivity (Wildman–Crippen MR) is 70.9 cm³/mol. The Morgan fingerprint density at radius 1 is 1.29 bits per heavy atom. The van der Waals surface area contributed by atoms with E-state index in [1.54, 1.807) is 13.0 Å². The smallest absolute Gasteiger partial charge is 0.152 e. The maximum Gasteiger partial charge on any atom is 0.152 e. The van der Waals surface area contributed by atoms with E-state index in [0.29, 0.717) is 5.92 Å². The highest BCUT2D eigenvalue weighted by atomic mass is 16.1. The van der Waals surface area contributed by atoms with Crippen LogP contribution in [0.25, 0.3) is 0 Å². The van der Waals surface area contributed by atoms with Gasteiger partial charge in [0.1, 0.15) is 0 Å². The highest BCUT2D eigenvalue weighted by Gasteiger charge is 2.17. The molecule has 1 nitrogen and oxygen atoms in total. The Balaban J connectivity index is 2.23. The van der Waals surface area contributed by atoms with E-state index < -0.39 is 0 Å². The van der Waals surface area contributed by atoms with Gasteiger partial charge in [0.2, 0.25) is 0 Å². The highest BCUT2D eigenvalue weighted by molar-refractivity contribution is 5.87. The monoisotopic (exact) mass is 226 g/mol. The van der Waals surface area contributed by atoms with E-state index in [4.69, 9.17) is 0 Å². The first-order valence-electron chi connectivity index (χ1n) is 6.21. The Labute approximate surface area is 103 Å². The van der Waals surface area contributed by atoms with Crippen molar-refractivity contribution in [2.75, 3.05) is 0 Å². The third kappa shape index (κ3) is 3.16. The lowest BCUT2D eigenvalue weighted by atomic mass is 9.82. The van der Waals surface area contributed by atoms with Crippen LogP contribution in [0.3, 0.4) is 0 Å². The van der Waals surface area contributed by atoms with Crippen molar-refractivity contribution in [3.8, 4) is 0 Å². The van der Waals surface area contributed by atoms with E-state index in [1.165, 1.54) is 24.0 Å². The summed E-state index contributed by atoms with van der Waals surface area (Å²) in [5.41, 5.74) is 2.64. The van der Waals surface area contributed by atoms with Gasteiger partial charge in [-0.3, -0.25) is 4.79 Å². The van der Waals surface area contributed by atoms with Gasteiger partial charge in [0, 0.05) is 5.92 Å². The van der Waals surface area contributed by atoms with Crippen molar-refractivity contribution in [1.82, 2.24) is 0 Å². The van der Waals surface area contributed by atoms with E-state index in [9.17, 15) is 4.79 Å². The molecule has 1 atom stereocenters. The largest absolute Gasteiger partial charge is 0.295 e. The molecular formula is C16H18O. The van der Waals surface area contributed by atoms with Crippen LogP contribution in [0.5, 0.6) is 0 Å². The van der Waals surface area contributed by atoms with Crippen molar-refractivity contribution in [3.05, 3.63) is 59.7 Å². The minimum Gasteiger partial charge on any atom is -0.295 e. The summed E-state index contributed by atoms with van der Waals surface area (Å²) in [5, 5.41) is 0. The molecule has 0 amide bonds. The SMILES string of the molecule is CC(=O)/C=C/C1=CCCCC1c1ccccc1. The Hall–Kier alpha value is -1.63. The minimum absolute atomic E-state index is 0.114. The summed E-state index contributed by atoms with van der Waals surface area (Å²) in [7, 11) is 0. The molecule has 1 aliphatic carbocycles. The lowest BCUT2D eigenvalue weighted by molar-refractivity contribution is -0.112. The number of hydrogen-bond donors (Lipinski definition) is 0. The van der Waals surface area contributed by atoms with Gasteiger partial charge in [-0.1, -0.05) is 42.5 Å². The molecule has 0 aromatic heterocycles. The van der Waals surface area contributed by atoms with Crippen molar-refractivity contribution in [2.24, 2.45) is 0 Å². The van der Waals surface area contributed by atoms with Crippen molar-refractivity contribution in [2.45, 2.75) is 32.1 Å². The van der Waals surface area contributed by atoms with Crippen LogP contribution in [0.15, 0.2) is 54.1 Å². The van der Waals surface area contributed by atoms with Gasteiger partial charge in [-0.2, -0.15) is 0 Å². The van der Waals surface area contributed by atoms with E-state index >= 15 is 0 Å². The van der Waals surface area contributed by atoms with Gasteiger partial charge >= 0.3 is 0 Å². The first kappa shape index (κ1) is 11.8. The Morgan fingerprint density at radius 3 is 2.76 bits per heavy atom. The van der Waals surface area contributed by atoms with Crippen molar-refractivity contribution >= 4 is 5.78 Å². The summed E-state index contributed by atoms with van der Waals surface area (Å²) in [5.74, 6) is 0.573. The maximum absolute atomic E-state index is 11.0. The number of hydrogen-bond acceptors (Lipinski definition) is 1. The molecule has 0 aliphatic heterocycles. The summed E-state index contributed by atoms with van der Waals surface area (Å²) in [4.78, 5) is 11.0. The molecule has 1 aromatic rings. The molecule has 88 valence electrons. The van der Waals surface area contributed by atoms with Gasteiger partial charge in [-0.05, 0) is 43.4 Å². The number of carbonyl (C=O) groups excluding carboxylic acids is 1. The number of ketones is 1. The van der Waals surface area contributed by atoms with Crippen LogP contribution in [0.4, 0.5) is 0 Å². The Bertz CT molecular complexity index is 440. The summed E-state index contributed by atoms with van der Waals surface area (Å²) < 4.78 is 0. The molecule has 2 rings (SSSR count). The molecule has 17 heavy (non-hydrogen) atoms. The van der Waals surface area contributed by atoms with Crippen molar-refractivity contribution in [3.63, 3.8) is 0 Å². The zero-order valence-corrected chi connectivity index (χ0v) is 10.2. The van der Waals surface area contributed by atoms with Crippen LogP contribution in [-0.4, -0.2) is 5.78 Å². The van der Waals surface area contributed by atoms with Gasteiger partial charge in [-0.25, -0.2) is 0 Å².